The molecule has 29 heavy (non-hydrogen) atoms. The van der Waals surface area contributed by atoms with Gasteiger partial charge in [0.25, 0.3) is 5.91 Å². The largest absolute Gasteiger partial charge is 0.367 e. The van der Waals surface area contributed by atoms with Gasteiger partial charge in [0, 0.05) is 43.9 Å². The van der Waals surface area contributed by atoms with E-state index in [-0.39, 0.29) is 11.8 Å². The monoisotopic (exact) mass is 413 g/mol. The molecule has 0 unspecified atom stereocenters. The first kappa shape index (κ1) is 21.2. The SMILES string of the molecule is Cc1ccccc1C(=O)N1CCN(c2ccc(NC(=O)CC(C)C)cc2Cl)CC1. The van der Waals surface area contributed by atoms with Gasteiger partial charge in [0.15, 0.2) is 0 Å². The molecule has 0 bridgehead atoms. The van der Waals surface area contributed by atoms with E-state index in [1.165, 1.54) is 0 Å². The van der Waals surface area contributed by atoms with Crippen molar-refractivity contribution in [1.82, 2.24) is 4.90 Å². The summed E-state index contributed by atoms with van der Waals surface area (Å²) in [5.41, 5.74) is 3.40. The number of amides is 2. The van der Waals surface area contributed by atoms with Gasteiger partial charge < -0.3 is 15.1 Å². The van der Waals surface area contributed by atoms with E-state index in [1.807, 2.05) is 62.1 Å². The summed E-state index contributed by atoms with van der Waals surface area (Å²) in [6.07, 6.45) is 0.482. The zero-order chi connectivity index (χ0) is 21.0. The summed E-state index contributed by atoms with van der Waals surface area (Å²) in [6, 6.07) is 13.3. The van der Waals surface area contributed by atoms with Crippen LogP contribution in [0.2, 0.25) is 5.02 Å². The molecule has 2 amide bonds. The smallest absolute Gasteiger partial charge is 0.254 e. The van der Waals surface area contributed by atoms with Crippen molar-refractivity contribution in [2.75, 3.05) is 36.4 Å². The van der Waals surface area contributed by atoms with E-state index in [2.05, 4.69) is 10.2 Å². The van der Waals surface area contributed by atoms with Gasteiger partial charge in [-0.3, -0.25) is 9.59 Å². The summed E-state index contributed by atoms with van der Waals surface area (Å²) in [7, 11) is 0. The Morgan fingerprint density at radius 2 is 1.76 bits per heavy atom. The van der Waals surface area contributed by atoms with E-state index in [4.69, 9.17) is 11.6 Å². The van der Waals surface area contributed by atoms with E-state index in [0.29, 0.717) is 36.1 Å². The molecule has 1 fully saturated rings. The van der Waals surface area contributed by atoms with Crippen LogP contribution in [0.1, 0.15) is 36.2 Å². The van der Waals surface area contributed by atoms with Crippen molar-refractivity contribution in [1.29, 1.82) is 0 Å². The Morgan fingerprint density at radius 3 is 2.38 bits per heavy atom. The van der Waals surface area contributed by atoms with Gasteiger partial charge in [-0.15, -0.1) is 0 Å². The van der Waals surface area contributed by atoms with Crippen LogP contribution in [0.3, 0.4) is 0 Å². The van der Waals surface area contributed by atoms with Gasteiger partial charge in [-0.1, -0.05) is 43.6 Å². The lowest BCUT2D eigenvalue weighted by atomic mass is 10.1. The molecule has 0 radical (unpaired) electrons. The maximum absolute atomic E-state index is 12.8. The second-order valence-electron chi connectivity index (χ2n) is 7.91. The summed E-state index contributed by atoms with van der Waals surface area (Å²) in [5, 5.41) is 3.50. The molecular weight excluding hydrogens is 386 g/mol. The Hall–Kier alpha value is -2.53. The van der Waals surface area contributed by atoms with Crippen molar-refractivity contribution < 1.29 is 9.59 Å². The highest BCUT2D eigenvalue weighted by Gasteiger charge is 2.24. The number of halogens is 1. The predicted molar refractivity (Wildman–Crippen MR) is 119 cm³/mol. The van der Waals surface area contributed by atoms with Crippen LogP contribution in [-0.2, 0) is 4.79 Å². The molecule has 2 aromatic carbocycles. The highest BCUT2D eigenvalue weighted by molar-refractivity contribution is 6.33. The zero-order valence-electron chi connectivity index (χ0n) is 17.2. The highest BCUT2D eigenvalue weighted by atomic mass is 35.5. The summed E-state index contributed by atoms with van der Waals surface area (Å²) < 4.78 is 0. The molecule has 0 saturated carbocycles. The average molecular weight is 414 g/mol. The van der Waals surface area contributed by atoms with Crippen molar-refractivity contribution >= 4 is 34.8 Å². The Labute approximate surface area is 177 Å². The minimum absolute atomic E-state index is 0.00727. The van der Waals surface area contributed by atoms with E-state index in [9.17, 15) is 9.59 Å². The molecule has 1 heterocycles. The standard InChI is InChI=1S/C23H28ClN3O2/c1-16(2)14-22(28)25-18-8-9-21(20(24)15-18)26-10-12-27(13-11-26)23(29)19-7-5-4-6-17(19)3/h4-9,15-16H,10-14H2,1-3H3,(H,25,28). The third-order valence-corrected chi connectivity index (χ3v) is 5.41. The van der Waals surface area contributed by atoms with Crippen LogP contribution < -0.4 is 10.2 Å². The Kier molecular flexibility index (Phi) is 6.80. The second-order valence-corrected chi connectivity index (χ2v) is 8.31. The summed E-state index contributed by atoms with van der Waals surface area (Å²) >= 11 is 6.49. The number of carbonyl (C=O) groups excluding carboxylic acids is 2. The van der Waals surface area contributed by atoms with Crippen molar-refractivity contribution in [3.63, 3.8) is 0 Å². The van der Waals surface area contributed by atoms with Crippen LogP contribution in [0.15, 0.2) is 42.5 Å². The van der Waals surface area contributed by atoms with Crippen LogP contribution in [0.25, 0.3) is 0 Å². The number of hydrogen-bond acceptors (Lipinski definition) is 3. The summed E-state index contributed by atoms with van der Waals surface area (Å²) in [5.74, 6) is 0.382. The van der Waals surface area contributed by atoms with Gasteiger partial charge in [0.05, 0.1) is 10.7 Å². The number of nitrogens with zero attached hydrogens (tertiary/aromatic N) is 2. The van der Waals surface area contributed by atoms with E-state index in [0.717, 1.165) is 29.9 Å². The number of piperazine rings is 1. The van der Waals surface area contributed by atoms with Gasteiger partial charge in [0.1, 0.15) is 0 Å². The molecule has 3 rings (SSSR count). The van der Waals surface area contributed by atoms with Gasteiger partial charge in [-0.2, -0.15) is 0 Å². The number of benzene rings is 2. The van der Waals surface area contributed by atoms with Gasteiger partial charge >= 0.3 is 0 Å². The second kappa shape index (κ2) is 9.31. The van der Waals surface area contributed by atoms with Gasteiger partial charge in [-0.05, 0) is 42.7 Å². The van der Waals surface area contributed by atoms with E-state index in [1.54, 1.807) is 6.07 Å². The van der Waals surface area contributed by atoms with Gasteiger partial charge in [-0.25, -0.2) is 0 Å². The van der Waals surface area contributed by atoms with E-state index >= 15 is 0 Å². The fourth-order valence-corrected chi connectivity index (χ4v) is 3.86. The molecule has 2 aromatic rings. The molecule has 1 aliphatic heterocycles. The molecule has 1 N–H and O–H groups in total. The van der Waals surface area contributed by atoms with Gasteiger partial charge in [0.2, 0.25) is 5.91 Å². The Bertz CT molecular complexity index is 889. The van der Waals surface area contributed by atoms with Crippen LogP contribution in [0.5, 0.6) is 0 Å². The molecule has 1 aliphatic rings. The number of anilines is 2. The molecule has 5 nitrogen and oxygen atoms in total. The fraction of sp³-hybridized carbons (Fsp3) is 0.391. The lowest BCUT2D eigenvalue weighted by Crippen LogP contribution is -2.49. The number of nitrogens with one attached hydrogen (secondary N) is 1. The first-order valence-corrected chi connectivity index (χ1v) is 10.4. The third-order valence-electron chi connectivity index (χ3n) is 5.11. The number of aryl methyl sites for hydroxylation is 1. The minimum Gasteiger partial charge on any atom is -0.367 e. The molecule has 1 saturated heterocycles. The third kappa shape index (κ3) is 5.30. The summed E-state index contributed by atoms with van der Waals surface area (Å²) in [6.45, 7) is 8.72. The van der Waals surface area contributed by atoms with Crippen molar-refractivity contribution in [3.05, 3.63) is 58.6 Å². The average Bonchev–Trinajstić information content (AvgIpc) is 2.67. The normalized spacial score (nSPS) is 14.2. The molecule has 0 aliphatic carbocycles. The van der Waals surface area contributed by atoms with Crippen molar-refractivity contribution in [3.8, 4) is 0 Å². The summed E-state index contributed by atoms with van der Waals surface area (Å²) in [4.78, 5) is 28.8. The zero-order valence-corrected chi connectivity index (χ0v) is 18.0. The molecule has 0 atom stereocenters. The van der Waals surface area contributed by atoms with Crippen LogP contribution in [-0.4, -0.2) is 42.9 Å². The minimum atomic E-state index is -0.00727. The fourth-order valence-electron chi connectivity index (χ4n) is 3.56. The highest BCUT2D eigenvalue weighted by Crippen LogP contribution is 2.30. The van der Waals surface area contributed by atoms with Crippen LogP contribution in [0, 0.1) is 12.8 Å². The molecule has 0 aromatic heterocycles. The topological polar surface area (TPSA) is 52.7 Å². The first-order chi connectivity index (χ1) is 13.8. The first-order valence-electron chi connectivity index (χ1n) is 10.0. The maximum Gasteiger partial charge on any atom is 0.254 e. The molecule has 6 heteroatoms. The molecule has 154 valence electrons. The Morgan fingerprint density at radius 1 is 1.07 bits per heavy atom. The lowest BCUT2D eigenvalue weighted by molar-refractivity contribution is -0.116. The quantitative estimate of drug-likeness (QED) is 0.779. The maximum atomic E-state index is 12.8. The molecular formula is C23H28ClN3O2. The number of hydrogen-bond donors (Lipinski definition) is 1. The predicted octanol–water partition coefficient (Wildman–Crippen LogP) is 4.60. The molecule has 0 spiro atoms. The van der Waals surface area contributed by atoms with Crippen LogP contribution in [0.4, 0.5) is 11.4 Å². The number of carbonyl (C=O) groups is 2. The van der Waals surface area contributed by atoms with E-state index < -0.39 is 0 Å². The lowest BCUT2D eigenvalue weighted by Gasteiger charge is -2.36. The Balaban J connectivity index is 1.61. The van der Waals surface area contributed by atoms with Crippen LogP contribution >= 0.6 is 11.6 Å². The van der Waals surface area contributed by atoms with Crippen molar-refractivity contribution in [2.24, 2.45) is 5.92 Å². The number of rotatable bonds is 5. The van der Waals surface area contributed by atoms with Crippen molar-refractivity contribution in [2.45, 2.75) is 27.2 Å².